The van der Waals surface area contributed by atoms with E-state index in [-0.39, 0.29) is 11.7 Å². The third-order valence-electron chi connectivity index (χ3n) is 5.80. The largest absolute Gasteiger partial charge is 0.453 e. The van der Waals surface area contributed by atoms with Crippen molar-refractivity contribution in [2.24, 2.45) is 5.92 Å². The normalized spacial score (nSPS) is 17.6. The summed E-state index contributed by atoms with van der Waals surface area (Å²) in [5, 5.41) is 6.26. The van der Waals surface area contributed by atoms with Gasteiger partial charge in [0.05, 0.1) is 7.11 Å². The van der Waals surface area contributed by atoms with Crippen molar-refractivity contribution in [2.75, 3.05) is 26.7 Å². The maximum absolute atomic E-state index is 15.0. The van der Waals surface area contributed by atoms with Crippen LogP contribution in [0.4, 0.5) is 9.18 Å². The van der Waals surface area contributed by atoms with Crippen LogP contribution in [0.25, 0.3) is 11.1 Å². The van der Waals surface area contributed by atoms with E-state index in [1.54, 1.807) is 6.07 Å². The molecule has 0 spiro atoms. The van der Waals surface area contributed by atoms with Crippen LogP contribution in [0.1, 0.15) is 42.7 Å². The molecule has 0 bridgehead atoms. The third-order valence-corrected chi connectivity index (χ3v) is 5.80. The first-order valence-electron chi connectivity index (χ1n) is 10.5. The van der Waals surface area contributed by atoms with E-state index in [0.29, 0.717) is 18.0 Å². The molecule has 2 aromatic rings. The first kappa shape index (κ1) is 21.3. The summed E-state index contributed by atoms with van der Waals surface area (Å²) in [7, 11) is 1.37. The molecule has 156 valence electrons. The zero-order chi connectivity index (χ0) is 20.6. The minimum absolute atomic E-state index is 0.172. The van der Waals surface area contributed by atoms with Crippen molar-refractivity contribution in [3.63, 3.8) is 0 Å². The van der Waals surface area contributed by atoms with Crippen LogP contribution in [0, 0.1) is 18.7 Å². The van der Waals surface area contributed by atoms with Gasteiger partial charge in [0.15, 0.2) is 0 Å². The molecule has 0 radical (unpaired) electrons. The highest BCUT2D eigenvalue weighted by atomic mass is 19.1. The second-order valence-corrected chi connectivity index (χ2v) is 7.85. The lowest BCUT2D eigenvalue weighted by atomic mass is 9.76. The van der Waals surface area contributed by atoms with Crippen molar-refractivity contribution < 1.29 is 13.9 Å². The molecule has 0 saturated carbocycles. The standard InChI is InChI=1S/C24H31FN2O2/c1-17-7-3-8-18(15-17)23-21(10-4-12-22(23)25)20(19-9-5-13-26-16-19)11-6-14-27-24(28)29-2/h3-4,7-8,10,12,15,19-20,26H,5-6,9,11,13-14,16H2,1-2H3,(H,27,28)/t19-,20-/m0/s1. The van der Waals surface area contributed by atoms with Gasteiger partial charge in [-0.25, -0.2) is 9.18 Å². The van der Waals surface area contributed by atoms with Gasteiger partial charge in [0.2, 0.25) is 0 Å². The molecule has 1 aliphatic heterocycles. The first-order valence-corrected chi connectivity index (χ1v) is 10.5. The second kappa shape index (κ2) is 10.4. The topological polar surface area (TPSA) is 50.4 Å². The van der Waals surface area contributed by atoms with Gasteiger partial charge in [0, 0.05) is 12.1 Å². The molecule has 1 saturated heterocycles. The van der Waals surface area contributed by atoms with E-state index in [9.17, 15) is 4.79 Å². The van der Waals surface area contributed by atoms with E-state index in [1.165, 1.54) is 7.11 Å². The fourth-order valence-electron chi connectivity index (χ4n) is 4.41. The molecule has 4 nitrogen and oxygen atoms in total. The summed E-state index contributed by atoms with van der Waals surface area (Å²) in [4.78, 5) is 11.4. The maximum atomic E-state index is 15.0. The Balaban J connectivity index is 1.90. The Hall–Kier alpha value is -2.40. The molecule has 5 heteroatoms. The number of ether oxygens (including phenoxy) is 1. The van der Waals surface area contributed by atoms with Gasteiger partial charge in [-0.05, 0) is 74.7 Å². The number of nitrogens with one attached hydrogen (secondary N) is 2. The predicted molar refractivity (Wildman–Crippen MR) is 115 cm³/mol. The quantitative estimate of drug-likeness (QED) is 0.644. The molecular weight excluding hydrogens is 367 g/mol. The van der Waals surface area contributed by atoms with Crippen LogP contribution in [0.15, 0.2) is 42.5 Å². The van der Waals surface area contributed by atoms with E-state index in [1.807, 2.05) is 31.2 Å². The Bertz CT molecular complexity index is 818. The van der Waals surface area contributed by atoms with Crippen LogP contribution in [0.5, 0.6) is 0 Å². The van der Waals surface area contributed by atoms with Gasteiger partial charge in [-0.2, -0.15) is 0 Å². The van der Waals surface area contributed by atoms with Crippen LogP contribution < -0.4 is 10.6 Å². The minimum Gasteiger partial charge on any atom is -0.453 e. The molecule has 0 unspecified atom stereocenters. The number of amides is 1. The molecule has 0 aliphatic carbocycles. The van der Waals surface area contributed by atoms with Gasteiger partial charge in [-0.3, -0.25) is 0 Å². The van der Waals surface area contributed by atoms with Gasteiger partial charge in [-0.15, -0.1) is 0 Å². The third kappa shape index (κ3) is 5.57. The van der Waals surface area contributed by atoms with E-state index in [0.717, 1.165) is 55.5 Å². The highest BCUT2D eigenvalue weighted by molar-refractivity contribution is 5.69. The Morgan fingerprint density at radius 3 is 2.86 bits per heavy atom. The molecular formula is C24H31FN2O2. The Labute approximate surface area is 172 Å². The molecule has 1 amide bonds. The van der Waals surface area contributed by atoms with E-state index in [2.05, 4.69) is 27.5 Å². The molecule has 29 heavy (non-hydrogen) atoms. The SMILES string of the molecule is COC(=O)NCCC[C@H](c1cccc(F)c1-c1cccc(C)c1)[C@H]1CCCNC1. The number of methoxy groups -OCH3 is 1. The summed E-state index contributed by atoms with van der Waals surface area (Å²) in [6, 6.07) is 13.5. The van der Waals surface area contributed by atoms with Crippen LogP contribution in [-0.4, -0.2) is 32.8 Å². The highest BCUT2D eigenvalue weighted by Gasteiger charge is 2.28. The summed E-state index contributed by atoms with van der Waals surface area (Å²) >= 11 is 0. The summed E-state index contributed by atoms with van der Waals surface area (Å²) < 4.78 is 19.7. The van der Waals surface area contributed by atoms with Crippen molar-refractivity contribution in [1.29, 1.82) is 0 Å². The zero-order valence-corrected chi connectivity index (χ0v) is 17.3. The minimum atomic E-state index is -0.410. The lowest BCUT2D eigenvalue weighted by Crippen LogP contribution is -2.34. The van der Waals surface area contributed by atoms with Crippen molar-refractivity contribution in [3.05, 3.63) is 59.4 Å². The smallest absolute Gasteiger partial charge is 0.406 e. The number of carbonyl (C=O) groups excluding carboxylic acids is 1. The maximum Gasteiger partial charge on any atom is 0.406 e. The number of piperidine rings is 1. The van der Waals surface area contributed by atoms with E-state index in [4.69, 9.17) is 0 Å². The highest BCUT2D eigenvalue weighted by Crippen LogP contribution is 2.40. The number of hydrogen-bond acceptors (Lipinski definition) is 3. The van der Waals surface area contributed by atoms with Crippen LogP contribution in [0.3, 0.4) is 0 Å². The van der Waals surface area contributed by atoms with Gasteiger partial charge in [-0.1, -0.05) is 42.0 Å². The number of alkyl carbamates (subject to hydrolysis) is 1. The van der Waals surface area contributed by atoms with Crippen LogP contribution in [-0.2, 0) is 4.74 Å². The molecule has 3 rings (SSSR count). The Morgan fingerprint density at radius 2 is 2.14 bits per heavy atom. The monoisotopic (exact) mass is 398 g/mol. The number of halogens is 1. The summed E-state index contributed by atoms with van der Waals surface area (Å²) in [6.07, 6.45) is 3.56. The Kier molecular flexibility index (Phi) is 7.64. The number of carbonyl (C=O) groups is 1. The van der Waals surface area contributed by atoms with Crippen molar-refractivity contribution in [1.82, 2.24) is 10.6 Å². The van der Waals surface area contributed by atoms with E-state index < -0.39 is 6.09 Å². The molecule has 2 N–H and O–H groups in total. The summed E-state index contributed by atoms with van der Waals surface area (Å²) in [6.45, 7) is 4.57. The van der Waals surface area contributed by atoms with Gasteiger partial charge < -0.3 is 15.4 Å². The Morgan fingerprint density at radius 1 is 1.31 bits per heavy atom. The molecule has 1 fully saturated rings. The lowest BCUT2D eigenvalue weighted by molar-refractivity contribution is 0.170. The molecule has 1 heterocycles. The van der Waals surface area contributed by atoms with Crippen molar-refractivity contribution in [2.45, 2.75) is 38.5 Å². The van der Waals surface area contributed by atoms with Crippen molar-refractivity contribution in [3.8, 4) is 11.1 Å². The van der Waals surface area contributed by atoms with Gasteiger partial charge in [0.1, 0.15) is 5.82 Å². The number of aryl methyl sites for hydroxylation is 1. The average molecular weight is 399 g/mol. The molecule has 2 atom stereocenters. The average Bonchev–Trinajstić information content (AvgIpc) is 2.74. The lowest BCUT2D eigenvalue weighted by Gasteiger charge is -2.33. The fraction of sp³-hybridized carbons (Fsp3) is 0.458. The predicted octanol–water partition coefficient (Wildman–Crippen LogP) is 5.02. The van der Waals surface area contributed by atoms with Crippen LogP contribution >= 0.6 is 0 Å². The van der Waals surface area contributed by atoms with Crippen LogP contribution in [0.2, 0.25) is 0 Å². The first-order chi connectivity index (χ1) is 14.1. The van der Waals surface area contributed by atoms with Gasteiger partial charge in [0.25, 0.3) is 0 Å². The zero-order valence-electron chi connectivity index (χ0n) is 17.3. The summed E-state index contributed by atoms with van der Waals surface area (Å²) in [5.74, 6) is 0.509. The molecule has 2 aromatic carbocycles. The summed E-state index contributed by atoms with van der Waals surface area (Å²) in [5.41, 5.74) is 3.84. The van der Waals surface area contributed by atoms with E-state index >= 15 is 4.39 Å². The van der Waals surface area contributed by atoms with Gasteiger partial charge >= 0.3 is 6.09 Å². The number of rotatable bonds is 7. The number of hydrogen-bond donors (Lipinski definition) is 2. The fourth-order valence-corrected chi connectivity index (χ4v) is 4.41. The number of benzene rings is 2. The van der Waals surface area contributed by atoms with Crippen molar-refractivity contribution >= 4 is 6.09 Å². The molecule has 1 aliphatic rings. The molecule has 0 aromatic heterocycles. The second-order valence-electron chi connectivity index (χ2n) is 7.85.